The van der Waals surface area contributed by atoms with Gasteiger partial charge in [-0.2, -0.15) is 0 Å². The lowest BCUT2D eigenvalue weighted by Gasteiger charge is -1.85. The zero-order valence-electron chi connectivity index (χ0n) is 3.10. The Bertz CT molecular complexity index is 17.1. The van der Waals surface area contributed by atoms with E-state index in [-0.39, 0.29) is 0 Å². The first kappa shape index (κ1) is 5.37. The first-order valence-corrected chi connectivity index (χ1v) is 2.20. The molecule has 0 fully saturated rings. The number of hydrogen-bond donors (Lipinski definition) is 0. The van der Waals surface area contributed by atoms with Crippen LogP contribution in [0.15, 0.2) is 0 Å². The molecule has 3 heteroatoms. The lowest BCUT2D eigenvalue weighted by Crippen LogP contribution is -1.71. The summed E-state index contributed by atoms with van der Waals surface area (Å²) in [4.78, 5) is 0. The minimum Gasteiger partial charge on any atom is -0.329 e. The van der Waals surface area contributed by atoms with E-state index in [1.165, 1.54) is 0 Å². The van der Waals surface area contributed by atoms with Crippen LogP contribution in [-0.4, -0.2) is 13.7 Å². The quantitative estimate of drug-likeness (QED) is 0.364. The lowest BCUT2D eigenvalue weighted by atomic mass is 10.8. The summed E-state index contributed by atoms with van der Waals surface area (Å²) < 4.78 is 4.53. The van der Waals surface area contributed by atoms with Crippen LogP contribution < -0.4 is 0 Å². The van der Waals surface area contributed by atoms with Crippen molar-refractivity contribution in [2.75, 3.05) is 6.61 Å². The van der Waals surface area contributed by atoms with Gasteiger partial charge < -0.3 is 4.18 Å². The van der Waals surface area contributed by atoms with Gasteiger partial charge in [-0.3, -0.25) is 0 Å². The summed E-state index contributed by atoms with van der Waals surface area (Å²) in [5.41, 5.74) is 0. The maximum Gasteiger partial charge on any atom is 0.203 e. The molecule has 0 saturated heterocycles. The molecule has 0 bridgehead atoms. The van der Waals surface area contributed by atoms with Crippen molar-refractivity contribution in [3.8, 4) is 0 Å². The summed E-state index contributed by atoms with van der Waals surface area (Å²) in [5.74, 6) is 0. The molecule has 0 aliphatic carbocycles. The predicted octanol–water partition coefficient (Wildman–Crippen LogP) is 0.755. The van der Waals surface area contributed by atoms with E-state index in [0.29, 0.717) is 6.61 Å². The van der Waals surface area contributed by atoms with Gasteiger partial charge in [0.1, 0.15) is 0 Å². The zero-order chi connectivity index (χ0) is 4.12. The first-order chi connectivity index (χ1) is 2.41. The normalized spacial score (nSPS) is 8.20. The van der Waals surface area contributed by atoms with Crippen molar-refractivity contribution < 1.29 is 4.18 Å². The van der Waals surface area contributed by atoms with E-state index in [2.05, 4.69) is 4.18 Å². The molecule has 0 atom stereocenters. The molecule has 0 heterocycles. The van der Waals surface area contributed by atoms with Gasteiger partial charge in [-0.1, -0.05) is 11.9 Å². The monoisotopic (exact) mass is 88.0 g/mol. The van der Waals surface area contributed by atoms with Crippen molar-refractivity contribution in [3.63, 3.8) is 0 Å². The highest BCUT2D eigenvalue weighted by Gasteiger charge is 1.65. The highest BCUT2D eigenvalue weighted by Crippen LogP contribution is 1.88. The molecule has 0 N–H and O–H groups in total. The van der Waals surface area contributed by atoms with Crippen LogP contribution in [0, 0.1) is 0 Å². The molecule has 0 rings (SSSR count). The molecule has 0 unspecified atom stereocenters. The van der Waals surface area contributed by atoms with Gasteiger partial charge in [-0.25, -0.2) is 0 Å². The molecule has 0 aliphatic rings. The highest BCUT2D eigenvalue weighted by atomic mass is 32.2. The van der Waals surface area contributed by atoms with Gasteiger partial charge in [-0.05, 0) is 6.92 Å². The summed E-state index contributed by atoms with van der Waals surface area (Å²) >= 11 is 0.902. The Morgan fingerprint density at radius 1 is 2.00 bits per heavy atom. The molecule has 0 aliphatic heterocycles. The second-order valence-electron chi connectivity index (χ2n) is 0.503. The topological polar surface area (TPSA) is 9.23 Å². The molecule has 5 heavy (non-hydrogen) atoms. The minimum atomic E-state index is 0.682. The van der Waals surface area contributed by atoms with Gasteiger partial charge in [0.05, 0.1) is 6.61 Å². The van der Waals surface area contributed by atoms with Crippen LogP contribution in [0.5, 0.6) is 0 Å². The van der Waals surface area contributed by atoms with Crippen molar-refractivity contribution in [3.05, 3.63) is 0 Å². The van der Waals surface area contributed by atoms with Crippen LogP contribution >= 0.6 is 11.9 Å². The second-order valence-corrected chi connectivity index (χ2v) is 0.931. The molecular weight excluding hydrogens is 82.9 g/mol. The third-order valence-corrected chi connectivity index (χ3v) is 0.558. The van der Waals surface area contributed by atoms with Gasteiger partial charge in [-0.15, -0.1) is 0 Å². The third kappa shape index (κ3) is 4.37. The van der Waals surface area contributed by atoms with E-state index in [1.807, 2.05) is 6.92 Å². The Morgan fingerprint density at radius 2 is 2.60 bits per heavy atom. The molecule has 1 nitrogen and oxygen atoms in total. The maximum absolute atomic E-state index is 4.83. The minimum absolute atomic E-state index is 0.682. The molecule has 28 valence electrons. The summed E-state index contributed by atoms with van der Waals surface area (Å²) in [6, 6.07) is 0. The van der Waals surface area contributed by atoms with Crippen LogP contribution in [0.4, 0.5) is 0 Å². The standard InChI is InChI=1S/C2H5BOS/c1-2-4-5-3/h2H2,1H3. The molecule has 0 spiro atoms. The van der Waals surface area contributed by atoms with E-state index >= 15 is 0 Å². The molecule has 0 aromatic heterocycles. The van der Waals surface area contributed by atoms with E-state index in [4.69, 9.17) is 7.12 Å². The smallest absolute Gasteiger partial charge is 0.203 e. The fraction of sp³-hybridized carbons (Fsp3) is 1.00. The maximum atomic E-state index is 4.83. The fourth-order valence-electron chi connectivity index (χ4n) is 0.0680. The lowest BCUT2D eigenvalue weighted by molar-refractivity contribution is 0.407. The highest BCUT2D eigenvalue weighted by molar-refractivity contribution is 8.15. The molecule has 0 aromatic rings. The molecular formula is C2H5BOS. The van der Waals surface area contributed by atoms with Crippen LogP contribution in [-0.2, 0) is 4.18 Å². The van der Waals surface area contributed by atoms with Gasteiger partial charge in [0.2, 0.25) is 7.12 Å². The summed E-state index contributed by atoms with van der Waals surface area (Å²) in [6.07, 6.45) is 0. The van der Waals surface area contributed by atoms with Gasteiger partial charge >= 0.3 is 0 Å². The Morgan fingerprint density at radius 3 is 2.60 bits per heavy atom. The number of hydrogen-bond acceptors (Lipinski definition) is 2. The van der Waals surface area contributed by atoms with E-state index in [1.54, 1.807) is 0 Å². The van der Waals surface area contributed by atoms with Gasteiger partial charge in [0.15, 0.2) is 0 Å². The van der Waals surface area contributed by atoms with Gasteiger partial charge in [0.25, 0.3) is 0 Å². The second kappa shape index (κ2) is 4.37. The average molecular weight is 87.9 g/mol. The zero-order valence-corrected chi connectivity index (χ0v) is 3.92. The third-order valence-electron chi connectivity index (χ3n) is 0.186. The summed E-state index contributed by atoms with van der Waals surface area (Å²) in [7, 11) is 4.83. The van der Waals surface area contributed by atoms with Crippen LogP contribution in [0.2, 0.25) is 0 Å². The van der Waals surface area contributed by atoms with Crippen molar-refractivity contribution in [1.82, 2.24) is 0 Å². The molecule has 2 radical (unpaired) electrons. The summed E-state index contributed by atoms with van der Waals surface area (Å²) in [5, 5.41) is 0. The SMILES string of the molecule is [B]SOCC. The van der Waals surface area contributed by atoms with E-state index in [0.717, 1.165) is 11.9 Å². The van der Waals surface area contributed by atoms with Crippen LogP contribution in [0.25, 0.3) is 0 Å². The Labute approximate surface area is 37.6 Å². The van der Waals surface area contributed by atoms with Crippen molar-refractivity contribution in [1.29, 1.82) is 0 Å². The average Bonchev–Trinajstić information content (AvgIpc) is 1.41. The molecule has 0 saturated carbocycles. The van der Waals surface area contributed by atoms with Crippen LogP contribution in [0.3, 0.4) is 0 Å². The fourth-order valence-corrected chi connectivity index (χ4v) is 0.204. The van der Waals surface area contributed by atoms with Crippen LogP contribution in [0.1, 0.15) is 6.92 Å². The Hall–Kier alpha value is 0.375. The van der Waals surface area contributed by atoms with Crippen molar-refractivity contribution >= 4 is 19.0 Å². The first-order valence-electron chi connectivity index (χ1n) is 1.40. The largest absolute Gasteiger partial charge is 0.329 e. The van der Waals surface area contributed by atoms with Gasteiger partial charge in [0, 0.05) is 0 Å². The Kier molecular flexibility index (Phi) is 4.70. The predicted molar refractivity (Wildman–Crippen MR) is 25.0 cm³/mol. The van der Waals surface area contributed by atoms with E-state index in [9.17, 15) is 0 Å². The molecule has 0 aromatic carbocycles. The number of rotatable bonds is 2. The van der Waals surface area contributed by atoms with E-state index < -0.39 is 0 Å². The molecule has 0 amide bonds. The van der Waals surface area contributed by atoms with Crippen molar-refractivity contribution in [2.45, 2.75) is 6.92 Å². The summed E-state index contributed by atoms with van der Waals surface area (Å²) in [6.45, 7) is 2.57. The Balaban J connectivity index is 2.19. The van der Waals surface area contributed by atoms with Crippen molar-refractivity contribution in [2.24, 2.45) is 0 Å².